The van der Waals surface area contributed by atoms with Gasteiger partial charge in [0.05, 0.1) is 6.26 Å². The molecule has 1 saturated heterocycles. The third-order valence-corrected chi connectivity index (χ3v) is 4.39. The Balaban J connectivity index is 1.53. The number of benzene rings is 1. The van der Waals surface area contributed by atoms with Gasteiger partial charge in [0, 0.05) is 37.4 Å². The Hall–Kier alpha value is -2.76. The van der Waals surface area contributed by atoms with Gasteiger partial charge in [-0.3, -0.25) is 4.79 Å². The fraction of sp³-hybridized carbons (Fsp3) is 0.368. The summed E-state index contributed by atoms with van der Waals surface area (Å²) < 4.78 is 10.4. The number of furan rings is 1. The molecule has 0 radical (unpaired) electrons. The van der Waals surface area contributed by atoms with Crippen molar-refractivity contribution in [3.63, 3.8) is 0 Å². The van der Waals surface area contributed by atoms with Crippen LogP contribution in [0.15, 0.2) is 47.1 Å². The van der Waals surface area contributed by atoms with Crippen LogP contribution in [0.3, 0.4) is 0 Å². The molecule has 0 aliphatic carbocycles. The van der Waals surface area contributed by atoms with E-state index in [1.807, 2.05) is 18.2 Å². The molecule has 1 fully saturated rings. The minimum atomic E-state index is -0.833. The van der Waals surface area contributed by atoms with Crippen molar-refractivity contribution in [1.82, 2.24) is 4.90 Å². The number of ether oxygens (including phenoxy) is 1. The zero-order valence-electron chi connectivity index (χ0n) is 14.5. The van der Waals surface area contributed by atoms with Crippen molar-refractivity contribution in [3.8, 4) is 0 Å². The van der Waals surface area contributed by atoms with Crippen LogP contribution in [0, 0.1) is 6.92 Å². The summed E-state index contributed by atoms with van der Waals surface area (Å²) in [6, 6.07) is 11.8. The van der Waals surface area contributed by atoms with Crippen molar-refractivity contribution in [2.24, 2.45) is 0 Å². The molecule has 25 heavy (non-hydrogen) atoms. The van der Waals surface area contributed by atoms with E-state index in [0.717, 1.165) is 18.8 Å². The van der Waals surface area contributed by atoms with Crippen LogP contribution in [-0.2, 0) is 9.53 Å². The van der Waals surface area contributed by atoms with E-state index in [9.17, 15) is 9.59 Å². The van der Waals surface area contributed by atoms with Crippen LogP contribution >= 0.6 is 0 Å². The number of aryl methyl sites for hydroxylation is 1. The second-order valence-corrected chi connectivity index (χ2v) is 6.13. The molecule has 1 atom stereocenters. The van der Waals surface area contributed by atoms with E-state index >= 15 is 0 Å². The van der Waals surface area contributed by atoms with E-state index in [1.54, 1.807) is 24.8 Å². The molecule has 6 heteroatoms. The van der Waals surface area contributed by atoms with Crippen molar-refractivity contribution in [1.29, 1.82) is 0 Å². The lowest BCUT2D eigenvalue weighted by Gasteiger charge is -2.36. The smallest absolute Gasteiger partial charge is 0.375 e. The standard InChI is InChI=1S/C19H22N2O4/c1-14-8-13-24-17(14)19(23)25-15(2)18(22)21-11-9-20(10-12-21)16-6-4-3-5-7-16/h3-8,13,15H,9-12H2,1-2H3/t15-/m0/s1. The van der Waals surface area contributed by atoms with Crippen LogP contribution in [0.2, 0.25) is 0 Å². The average molecular weight is 342 g/mol. The Morgan fingerprint density at radius 3 is 2.36 bits per heavy atom. The number of anilines is 1. The molecule has 3 rings (SSSR count). The minimum absolute atomic E-state index is 0.147. The number of nitrogens with zero attached hydrogens (tertiary/aromatic N) is 2. The lowest BCUT2D eigenvalue weighted by Crippen LogP contribution is -2.51. The Morgan fingerprint density at radius 2 is 1.76 bits per heavy atom. The molecule has 0 spiro atoms. The van der Waals surface area contributed by atoms with Crippen molar-refractivity contribution < 1.29 is 18.7 Å². The Morgan fingerprint density at radius 1 is 1.08 bits per heavy atom. The van der Waals surface area contributed by atoms with Gasteiger partial charge in [0.15, 0.2) is 6.10 Å². The van der Waals surface area contributed by atoms with Crippen molar-refractivity contribution in [2.75, 3.05) is 31.1 Å². The first-order chi connectivity index (χ1) is 12.1. The summed E-state index contributed by atoms with van der Waals surface area (Å²) >= 11 is 0. The molecular weight excluding hydrogens is 320 g/mol. The first kappa shape index (κ1) is 17.1. The zero-order chi connectivity index (χ0) is 17.8. The molecule has 1 aromatic heterocycles. The third-order valence-electron chi connectivity index (χ3n) is 4.39. The largest absolute Gasteiger partial charge is 0.457 e. The van der Waals surface area contributed by atoms with Gasteiger partial charge in [0.2, 0.25) is 5.76 Å². The number of hydrogen-bond acceptors (Lipinski definition) is 5. The van der Waals surface area contributed by atoms with Gasteiger partial charge < -0.3 is 19.0 Å². The van der Waals surface area contributed by atoms with Crippen LogP contribution in [0.5, 0.6) is 0 Å². The Labute approximate surface area is 147 Å². The fourth-order valence-corrected chi connectivity index (χ4v) is 2.93. The molecular formula is C19H22N2O4. The number of para-hydroxylation sites is 1. The fourth-order valence-electron chi connectivity index (χ4n) is 2.93. The van der Waals surface area contributed by atoms with E-state index in [4.69, 9.17) is 9.15 Å². The highest BCUT2D eigenvalue weighted by atomic mass is 16.6. The summed E-state index contributed by atoms with van der Waals surface area (Å²) in [5, 5.41) is 0. The van der Waals surface area contributed by atoms with Crippen molar-refractivity contribution >= 4 is 17.6 Å². The normalized spacial score (nSPS) is 15.8. The maximum Gasteiger partial charge on any atom is 0.375 e. The van der Waals surface area contributed by atoms with Gasteiger partial charge in [-0.1, -0.05) is 18.2 Å². The van der Waals surface area contributed by atoms with Crippen LogP contribution in [-0.4, -0.2) is 49.1 Å². The van der Waals surface area contributed by atoms with Gasteiger partial charge in [-0.2, -0.15) is 0 Å². The molecule has 0 bridgehead atoms. The summed E-state index contributed by atoms with van der Waals surface area (Å²) in [5.74, 6) is -0.634. The highest BCUT2D eigenvalue weighted by Gasteiger charge is 2.28. The molecule has 2 aromatic rings. The Bertz CT molecular complexity index is 733. The minimum Gasteiger partial charge on any atom is -0.457 e. The van der Waals surface area contributed by atoms with Crippen molar-refractivity contribution in [3.05, 3.63) is 54.0 Å². The van der Waals surface area contributed by atoms with Gasteiger partial charge in [-0.25, -0.2) is 4.79 Å². The summed E-state index contributed by atoms with van der Waals surface area (Å²) in [4.78, 5) is 28.6. The summed E-state index contributed by atoms with van der Waals surface area (Å²) in [6.07, 6.45) is 0.599. The van der Waals surface area contributed by atoms with E-state index < -0.39 is 12.1 Å². The predicted molar refractivity (Wildman–Crippen MR) is 93.6 cm³/mol. The second-order valence-electron chi connectivity index (χ2n) is 6.13. The number of piperazine rings is 1. The molecule has 0 N–H and O–H groups in total. The monoisotopic (exact) mass is 342 g/mol. The van der Waals surface area contributed by atoms with Gasteiger partial charge in [-0.05, 0) is 32.0 Å². The average Bonchev–Trinajstić information content (AvgIpc) is 3.08. The third kappa shape index (κ3) is 3.84. The van der Waals surface area contributed by atoms with E-state index in [-0.39, 0.29) is 11.7 Å². The quantitative estimate of drug-likeness (QED) is 0.799. The van der Waals surface area contributed by atoms with Gasteiger partial charge in [0.25, 0.3) is 5.91 Å². The lowest BCUT2D eigenvalue weighted by atomic mass is 10.2. The number of esters is 1. The van der Waals surface area contributed by atoms with Crippen molar-refractivity contribution in [2.45, 2.75) is 20.0 Å². The molecule has 1 aliphatic rings. The number of carbonyl (C=O) groups excluding carboxylic acids is 2. The SMILES string of the molecule is Cc1ccoc1C(=O)O[C@@H](C)C(=O)N1CCN(c2ccccc2)CC1. The predicted octanol–water partition coefficient (Wildman–Crippen LogP) is 2.48. The lowest BCUT2D eigenvalue weighted by molar-refractivity contribution is -0.140. The van der Waals surface area contributed by atoms with Crippen LogP contribution in [0.1, 0.15) is 23.0 Å². The summed E-state index contributed by atoms with van der Waals surface area (Å²) in [6.45, 7) is 6.09. The molecule has 1 amide bonds. The number of rotatable bonds is 4. The molecule has 0 unspecified atom stereocenters. The topological polar surface area (TPSA) is 63.0 Å². The molecule has 132 valence electrons. The maximum absolute atomic E-state index is 12.5. The van der Waals surface area contributed by atoms with Crippen LogP contribution in [0.25, 0.3) is 0 Å². The maximum atomic E-state index is 12.5. The van der Waals surface area contributed by atoms with E-state index in [2.05, 4.69) is 17.0 Å². The highest BCUT2D eigenvalue weighted by Crippen LogP contribution is 2.17. The number of carbonyl (C=O) groups is 2. The van der Waals surface area contributed by atoms with Gasteiger partial charge in [-0.15, -0.1) is 0 Å². The van der Waals surface area contributed by atoms with Gasteiger partial charge >= 0.3 is 5.97 Å². The highest BCUT2D eigenvalue weighted by molar-refractivity contribution is 5.91. The number of amides is 1. The molecule has 2 heterocycles. The summed E-state index contributed by atoms with van der Waals surface area (Å²) in [7, 11) is 0. The molecule has 6 nitrogen and oxygen atoms in total. The van der Waals surface area contributed by atoms with E-state index in [1.165, 1.54) is 6.26 Å². The van der Waals surface area contributed by atoms with Gasteiger partial charge in [0.1, 0.15) is 0 Å². The van der Waals surface area contributed by atoms with Crippen LogP contribution in [0.4, 0.5) is 5.69 Å². The Kier molecular flexibility index (Phi) is 5.07. The van der Waals surface area contributed by atoms with E-state index in [0.29, 0.717) is 18.7 Å². The second kappa shape index (κ2) is 7.42. The first-order valence-electron chi connectivity index (χ1n) is 8.40. The molecule has 0 saturated carbocycles. The molecule has 1 aliphatic heterocycles. The zero-order valence-corrected chi connectivity index (χ0v) is 14.5. The summed E-state index contributed by atoms with van der Waals surface area (Å²) in [5.41, 5.74) is 1.85. The first-order valence-corrected chi connectivity index (χ1v) is 8.40. The van der Waals surface area contributed by atoms with Crippen LogP contribution < -0.4 is 4.90 Å². The number of hydrogen-bond donors (Lipinski definition) is 0. The molecule has 1 aromatic carbocycles.